The van der Waals surface area contributed by atoms with Crippen LogP contribution in [0.2, 0.25) is 0 Å². The zero-order chi connectivity index (χ0) is 16.9. The molecule has 2 fully saturated rings. The molecule has 5 nitrogen and oxygen atoms in total. The van der Waals surface area contributed by atoms with Crippen LogP contribution in [0.3, 0.4) is 0 Å². The molecule has 0 radical (unpaired) electrons. The van der Waals surface area contributed by atoms with E-state index in [-0.39, 0.29) is 5.91 Å². The second-order valence-electron chi connectivity index (χ2n) is 7.53. The van der Waals surface area contributed by atoms with Crippen LogP contribution >= 0.6 is 0 Å². The normalized spacial score (nSPS) is 20.1. The zero-order valence-electron chi connectivity index (χ0n) is 14.1. The van der Waals surface area contributed by atoms with Crippen molar-refractivity contribution in [2.24, 2.45) is 11.8 Å². The summed E-state index contributed by atoms with van der Waals surface area (Å²) >= 11 is 0. The average molecular weight is 348 g/mol. The summed E-state index contributed by atoms with van der Waals surface area (Å²) in [5.74, 6) is 1.47. The Hall–Kier alpha value is -1.56. The summed E-state index contributed by atoms with van der Waals surface area (Å²) < 4.78 is 25.1. The highest BCUT2D eigenvalue weighted by molar-refractivity contribution is 7.92. The quantitative estimate of drug-likeness (QED) is 0.792. The Labute approximate surface area is 143 Å². The number of anilines is 1. The van der Waals surface area contributed by atoms with Crippen molar-refractivity contribution in [1.29, 1.82) is 0 Å². The van der Waals surface area contributed by atoms with Crippen LogP contribution in [0.25, 0.3) is 0 Å². The third-order valence-electron chi connectivity index (χ3n) is 5.22. The first kappa shape index (κ1) is 15.9. The molecule has 2 saturated carbocycles. The van der Waals surface area contributed by atoms with E-state index < -0.39 is 10.0 Å². The van der Waals surface area contributed by atoms with Gasteiger partial charge in [-0.3, -0.25) is 9.10 Å². The minimum atomic E-state index is -3.24. The van der Waals surface area contributed by atoms with Crippen LogP contribution in [0.1, 0.15) is 41.6 Å². The van der Waals surface area contributed by atoms with E-state index in [0.29, 0.717) is 30.4 Å². The molecule has 2 aliphatic carbocycles. The molecule has 1 amide bonds. The van der Waals surface area contributed by atoms with E-state index in [2.05, 4.69) is 0 Å². The molecule has 6 heteroatoms. The zero-order valence-corrected chi connectivity index (χ0v) is 14.9. The van der Waals surface area contributed by atoms with E-state index in [1.54, 1.807) is 12.1 Å². The summed E-state index contributed by atoms with van der Waals surface area (Å²) in [6.07, 6.45) is 6.86. The summed E-state index contributed by atoms with van der Waals surface area (Å²) in [6.45, 7) is 2.23. The van der Waals surface area contributed by atoms with Gasteiger partial charge in [-0.15, -0.1) is 0 Å². The number of sulfonamides is 1. The minimum absolute atomic E-state index is 0.106. The lowest BCUT2D eigenvalue weighted by Crippen LogP contribution is -2.34. The van der Waals surface area contributed by atoms with Gasteiger partial charge >= 0.3 is 0 Å². The molecule has 4 rings (SSSR count). The Morgan fingerprint density at radius 1 is 1.17 bits per heavy atom. The van der Waals surface area contributed by atoms with Crippen LogP contribution in [0, 0.1) is 11.8 Å². The van der Waals surface area contributed by atoms with Gasteiger partial charge in [0.1, 0.15) is 0 Å². The Morgan fingerprint density at radius 2 is 1.79 bits per heavy atom. The number of carbonyl (C=O) groups excluding carboxylic acids is 1. The molecule has 0 saturated heterocycles. The van der Waals surface area contributed by atoms with E-state index in [1.165, 1.54) is 36.2 Å². The topological polar surface area (TPSA) is 57.7 Å². The average Bonchev–Trinajstić information content (AvgIpc) is 3.45. The van der Waals surface area contributed by atoms with Crippen molar-refractivity contribution in [3.63, 3.8) is 0 Å². The van der Waals surface area contributed by atoms with Gasteiger partial charge in [-0.1, -0.05) is 0 Å². The van der Waals surface area contributed by atoms with Crippen molar-refractivity contribution in [1.82, 2.24) is 4.90 Å². The lowest BCUT2D eigenvalue weighted by atomic mass is 10.1. The number of fused-ring (bicyclic) bond motifs is 1. The molecule has 1 aromatic rings. The number of carbonyl (C=O) groups is 1. The predicted octanol–water partition coefficient (Wildman–Crippen LogP) is 2.27. The van der Waals surface area contributed by atoms with Crippen molar-refractivity contribution in [3.8, 4) is 0 Å². The maximum atomic E-state index is 12.9. The summed E-state index contributed by atoms with van der Waals surface area (Å²) in [6, 6.07) is 5.48. The van der Waals surface area contributed by atoms with Crippen molar-refractivity contribution in [2.45, 2.75) is 32.1 Å². The summed E-state index contributed by atoms with van der Waals surface area (Å²) in [5.41, 5.74) is 2.39. The van der Waals surface area contributed by atoms with Gasteiger partial charge in [0, 0.05) is 25.2 Å². The molecule has 1 aromatic carbocycles. The van der Waals surface area contributed by atoms with Gasteiger partial charge in [0.05, 0.1) is 11.9 Å². The number of amides is 1. The Kier molecular flexibility index (Phi) is 3.82. The fraction of sp³-hybridized carbons (Fsp3) is 0.611. The van der Waals surface area contributed by atoms with Gasteiger partial charge in [-0.25, -0.2) is 8.42 Å². The number of rotatable bonds is 6. The Morgan fingerprint density at radius 3 is 2.33 bits per heavy atom. The van der Waals surface area contributed by atoms with E-state index >= 15 is 0 Å². The standard InChI is InChI=1S/C18H24N2O3S/c1-24(22,23)20-9-8-15-10-16(6-7-17(15)20)18(21)19(11-13-2-3-13)12-14-4-5-14/h6-7,10,13-14H,2-5,8-9,11-12H2,1H3. The fourth-order valence-electron chi connectivity index (χ4n) is 3.50. The lowest BCUT2D eigenvalue weighted by Gasteiger charge is -2.23. The predicted molar refractivity (Wildman–Crippen MR) is 93.7 cm³/mol. The van der Waals surface area contributed by atoms with Crippen LogP contribution < -0.4 is 4.31 Å². The smallest absolute Gasteiger partial charge is 0.253 e. The second-order valence-corrected chi connectivity index (χ2v) is 9.43. The van der Waals surface area contributed by atoms with Crippen LogP contribution in [0.5, 0.6) is 0 Å². The Bertz CT molecular complexity index is 752. The first-order valence-electron chi connectivity index (χ1n) is 8.82. The van der Waals surface area contributed by atoms with Crippen molar-refractivity contribution in [3.05, 3.63) is 29.3 Å². The maximum absolute atomic E-state index is 12.9. The number of benzene rings is 1. The summed E-state index contributed by atoms with van der Waals surface area (Å²) in [5, 5.41) is 0. The number of hydrogen-bond donors (Lipinski definition) is 0. The molecule has 0 spiro atoms. The fourth-order valence-corrected chi connectivity index (χ4v) is 4.45. The molecule has 1 heterocycles. The van der Waals surface area contributed by atoms with Crippen LogP contribution in [0.4, 0.5) is 5.69 Å². The first-order valence-corrected chi connectivity index (χ1v) is 10.7. The highest BCUT2D eigenvalue weighted by atomic mass is 32.2. The van der Waals surface area contributed by atoms with Crippen LogP contribution in [0.15, 0.2) is 18.2 Å². The molecule has 3 aliphatic rings. The van der Waals surface area contributed by atoms with Gasteiger partial charge in [0.2, 0.25) is 10.0 Å². The molecule has 24 heavy (non-hydrogen) atoms. The third-order valence-corrected chi connectivity index (χ3v) is 6.40. The highest BCUT2D eigenvalue weighted by Gasteiger charge is 2.33. The molecule has 0 atom stereocenters. The molecular weight excluding hydrogens is 324 g/mol. The van der Waals surface area contributed by atoms with E-state index in [1.807, 2.05) is 11.0 Å². The maximum Gasteiger partial charge on any atom is 0.253 e. The molecular formula is C18H24N2O3S. The number of nitrogens with zero attached hydrogens (tertiary/aromatic N) is 2. The monoisotopic (exact) mass is 348 g/mol. The van der Waals surface area contributed by atoms with Crippen LogP contribution in [-0.4, -0.2) is 45.1 Å². The van der Waals surface area contributed by atoms with Crippen molar-refractivity contribution >= 4 is 21.6 Å². The minimum Gasteiger partial charge on any atom is -0.338 e. The number of hydrogen-bond acceptors (Lipinski definition) is 3. The van der Waals surface area contributed by atoms with E-state index in [0.717, 1.165) is 24.3 Å². The SMILES string of the molecule is CS(=O)(=O)N1CCc2cc(C(=O)N(CC3CC3)CC3CC3)ccc21. The Balaban J connectivity index is 1.56. The molecule has 0 aromatic heterocycles. The molecule has 130 valence electrons. The van der Waals surface area contributed by atoms with Gasteiger partial charge in [-0.05, 0) is 67.7 Å². The molecule has 1 aliphatic heterocycles. The summed E-state index contributed by atoms with van der Waals surface area (Å²) in [7, 11) is -3.24. The van der Waals surface area contributed by atoms with Crippen molar-refractivity contribution in [2.75, 3.05) is 30.2 Å². The van der Waals surface area contributed by atoms with Gasteiger partial charge in [-0.2, -0.15) is 0 Å². The summed E-state index contributed by atoms with van der Waals surface area (Å²) in [4.78, 5) is 15.0. The highest BCUT2D eigenvalue weighted by Crippen LogP contribution is 2.35. The molecule has 0 bridgehead atoms. The molecule has 0 N–H and O–H groups in total. The largest absolute Gasteiger partial charge is 0.338 e. The van der Waals surface area contributed by atoms with E-state index in [4.69, 9.17) is 0 Å². The van der Waals surface area contributed by atoms with Crippen molar-refractivity contribution < 1.29 is 13.2 Å². The van der Waals surface area contributed by atoms with Gasteiger partial charge in [0.25, 0.3) is 5.91 Å². The van der Waals surface area contributed by atoms with Crippen LogP contribution in [-0.2, 0) is 16.4 Å². The second kappa shape index (κ2) is 5.76. The molecule has 0 unspecified atom stereocenters. The van der Waals surface area contributed by atoms with Gasteiger partial charge < -0.3 is 4.90 Å². The van der Waals surface area contributed by atoms with E-state index in [9.17, 15) is 13.2 Å². The first-order chi connectivity index (χ1) is 11.4. The van der Waals surface area contributed by atoms with Gasteiger partial charge in [0.15, 0.2) is 0 Å². The third kappa shape index (κ3) is 3.29. The lowest BCUT2D eigenvalue weighted by molar-refractivity contribution is 0.0739.